The molecule has 3 aromatic rings. The molecule has 1 aromatic carbocycles. The average molecular weight is 422 g/mol. The lowest BCUT2D eigenvalue weighted by Crippen LogP contribution is -2.22. The van der Waals surface area contributed by atoms with E-state index >= 15 is 0 Å². The van der Waals surface area contributed by atoms with Crippen molar-refractivity contribution in [2.24, 2.45) is 0 Å². The molecule has 3 rings (SSSR count). The first-order chi connectivity index (χ1) is 14.1. The minimum Gasteiger partial charge on any atom is -0.465 e. The number of hydrogen-bond acceptors (Lipinski definition) is 6. The number of nitrogens with zero attached hydrogens (tertiary/aromatic N) is 3. The SMILES string of the molecule is Cc1oc(C)c(C(=O)OCC(=O)Nc2cc(C(F)(F)F)ccc2-n2cncn2)c1C. The Kier molecular flexibility index (Phi) is 5.63. The monoisotopic (exact) mass is 422 g/mol. The molecule has 0 bridgehead atoms. The Balaban J connectivity index is 1.77. The molecule has 30 heavy (non-hydrogen) atoms. The smallest absolute Gasteiger partial charge is 0.416 e. The highest BCUT2D eigenvalue weighted by Gasteiger charge is 2.31. The number of rotatable bonds is 5. The Morgan fingerprint density at radius 1 is 1.20 bits per heavy atom. The highest BCUT2D eigenvalue weighted by molar-refractivity contribution is 5.97. The average Bonchev–Trinajstić information content (AvgIpc) is 3.28. The van der Waals surface area contributed by atoms with Crippen molar-refractivity contribution in [1.29, 1.82) is 0 Å². The number of carbonyl (C=O) groups excluding carboxylic acids is 2. The van der Waals surface area contributed by atoms with Crippen LogP contribution in [0.1, 0.15) is 33.0 Å². The molecule has 2 aromatic heterocycles. The van der Waals surface area contributed by atoms with E-state index < -0.39 is 30.2 Å². The molecule has 2 heterocycles. The third-order valence-electron chi connectivity index (χ3n) is 4.36. The summed E-state index contributed by atoms with van der Waals surface area (Å²) in [6.45, 7) is 4.25. The van der Waals surface area contributed by atoms with E-state index in [1.165, 1.54) is 17.3 Å². The van der Waals surface area contributed by atoms with E-state index in [0.717, 1.165) is 18.2 Å². The number of aromatic nitrogens is 3. The molecule has 0 aliphatic rings. The zero-order valence-corrected chi connectivity index (χ0v) is 16.2. The lowest BCUT2D eigenvalue weighted by atomic mass is 10.1. The minimum atomic E-state index is -4.61. The van der Waals surface area contributed by atoms with Crippen molar-refractivity contribution in [3.05, 3.63) is 59.1 Å². The van der Waals surface area contributed by atoms with Crippen molar-refractivity contribution >= 4 is 17.6 Å². The van der Waals surface area contributed by atoms with Gasteiger partial charge in [0.1, 0.15) is 29.7 Å². The fraction of sp³-hybridized carbons (Fsp3) is 0.263. The van der Waals surface area contributed by atoms with Crippen molar-refractivity contribution in [3.8, 4) is 5.69 Å². The molecular formula is C19H17F3N4O4. The molecule has 0 spiro atoms. The van der Waals surface area contributed by atoms with Gasteiger partial charge in [-0.25, -0.2) is 14.5 Å². The summed E-state index contributed by atoms with van der Waals surface area (Å²) in [6, 6.07) is 2.78. The second kappa shape index (κ2) is 8.01. The Morgan fingerprint density at radius 3 is 2.50 bits per heavy atom. The second-order valence-electron chi connectivity index (χ2n) is 6.41. The summed E-state index contributed by atoms with van der Waals surface area (Å²) in [5.74, 6) is -0.691. The number of benzene rings is 1. The normalized spacial score (nSPS) is 11.4. The van der Waals surface area contributed by atoms with Gasteiger partial charge >= 0.3 is 12.1 Å². The summed E-state index contributed by atoms with van der Waals surface area (Å²) in [5.41, 5.74) is -0.161. The summed E-state index contributed by atoms with van der Waals surface area (Å²) in [5, 5.41) is 6.18. The van der Waals surface area contributed by atoms with E-state index in [4.69, 9.17) is 9.15 Å². The van der Waals surface area contributed by atoms with Crippen molar-refractivity contribution in [3.63, 3.8) is 0 Å². The Hall–Kier alpha value is -3.63. The van der Waals surface area contributed by atoms with Crippen LogP contribution in [0.3, 0.4) is 0 Å². The summed E-state index contributed by atoms with van der Waals surface area (Å²) >= 11 is 0. The van der Waals surface area contributed by atoms with Crippen molar-refractivity contribution in [2.45, 2.75) is 26.9 Å². The number of hydrogen-bond donors (Lipinski definition) is 1. The van der Waals surface area contributed by atoms with Gasteiger partial charge in [0.05, 0.1) is 16.9 Å². The molecule has 8 nitrogen and oxygen atoms in total. The quantitative estimate of drug-likeness (QED) is 0.631. The van der Waals surface area contributed by atoms with Crippen LogP contribution in [0, 0.1) is 20.8 Å². The fourth-order valence-corrected chi connectivity index (χ4v) is 2.83. The minimum absolute atomic E-state index is 0.164. The first-order valence-corrected chi connectivity index (χ1v) is 8.67. The van der Waals surface area contributed by atoms with E-state index in [-0.39, 0.29) is 16.9 Å². The van der Waals surface area contributed by atoms with Crippen LogP contribution >= 0.6 is 0 Å². The molecule has 0 aliphatic carbocycles. The number of halogens is 3. The van der Waals surface area contributed by atoms with Crippen LogP contribution in [0.15, 0.2) is 35.3 Å². The van der Waals surface area contributed by atoms with Crippen LogP contribution in [-0.4, -0.2) is 33.2 Å². The summed E-state index contributed by atoms with van der Waals surface area (Å²) in [6.07, 6.45) is -2.14. The maximum absolute atomic E-state index is 13.1. The number of aryl methyl sites for hydroxylation is 2. The van der Waals surface area contributed by atoms with E-state index in [1.807, 2.05) is 0 Å². The number of alkyl halides is 3. The molecule has 1 amide bonds. The third kappa shape index (κ3) is 4.34. The molecule has 158 valence electrons. The maximum Gasteiger partial charge on any atom is 0.416 e. The van der Waals surface area contributed by atoms with Crippen molar-refractivity contribution < 1.29 is 31.9 Å². The number of nitrogens with one attached hydrogen (secondary N) is 1. The predicted molar refractivity (Wildman–Crippen MR) is 98.2 cm³/mol. The fourth-order valence-electron chi connectivity index (χ4n) is 2.83. The number of anilines is 1. The van der Waals surface area contributed by atoms with Crippen LogP contribution < -0.4 is 5.32 Å². The zero-order chi connectivity index (χ0) is 22.1. The maximum atomic E-state index is 13.1. The highest BCUT2D eigenvalue weighted by Crippen LogP contribution is 2.33. The molecule has 0 unspecified atom stereocenters. The van der Waals surface area contributed by atoms with E-state index in [1.54, 1.807) is 20.8 Å². The Morgan fingerprint density at radius 2 is 1.93 bits per heavy atom. The molecule has 0 saturated carbocycles. The number of furan rings is 1. The van der Waals surface area contributed by atoms with Crippen LogP contribution in [0.2, 0.25) is 0 Å². The van der Waals surface area contributed by atoms with Gasteiger partial charge in [0, 0.05) is 5.56 Å². The molecule has 0 aliphatic heterocycles. The van der Waals surface area contributed by atoms with E-state index in [9.17, 15) is 22.8 Å². The Bertz CT molecular complexity index is 1090. The zero-order valence-electron chi connectivity index (χ0n) is 16.2. The number of carbonyl (C=O) groups is 2. The molecule has 0 fully saturated rings. The van der Waals surface area contributed by atoms with Gasteiger partial charge in [-0.2, -0.15) is 18.3 Å². The summed E-state index contributed by atoms with van der Waals surface area (Å²) < 4.78 is 50.8. The van der Waals surface area contributed by atoms with Crippen LogP contribution in [0.4, 0.5) is 18.9 Å². The van der Waals surface area contributed by atoms with Crippen molar-refractivity contribution in [2.75, 3.05) is 11.9 Å². The summed E-state index contributed by atoms with van der Waals surface area (Å²) in [7, 11) is 0. The lowest BCUT2D eigenvalue weighted by molar-refractivity contribution is -0.137. The molecule has 1 N–H and O–H groups in total. The van der Waals surface area contributed by atoms with E-state index in [0.29, 0.717) is 17.1 Å². The van der Waals surface area contributed by atoms with Crippen molar-refractivity contribution in [1.82, 2.24) is 14.8 Å². The number of amides is 1. The topological polar surface area (TPSA) is 99.2 Å². The first-order valence-electron chi connectivity index (χ1n) is 8.67. The lowest BCUT2D eigenvalue weighted by Gasteiger charge is -2.14. The molecule has 11 heteroatoms. The highest BCUT2D eigenvalue weighted by atomic mass is 19.4. The third-order valence-corrected chi connectivity index (χ3v) is 4.36. The van der Waals surface area contributed by atoms with Crippen LogP contribution in [-0.2, 0) is 15.7 Å². The standard InChI is InChI=1S/C19H17F3N4O4/c1-10-11(2)30-12(3)17(10)18(28)29-7-16(27)25-14-6-13(19(20,21)22)4-5-15(14)26-9-23-8-24-26/h4-6,8-9H,7H2,1-3H3,(H,25,27). The van der Waals surface area contributed by atoms with Gasteiger partial charge in [-0.1, -0.05) is 0 Å². The van der Waals surface area contributed by atoms with E-state index in [2.05, 4.69) is 15.4 Å². The van der Waals surface area contributed by atoms with Gasteiger partial charge in [0.2, 0.25) is 0 Å². The van der Waals surface area contributed by atoms with Gasteiger partial charge in [-0.3, -0.25) is 4.79 Å². The second-order valence-corrected chi connectivity index (χ2v) is 6.41. The first kappa shape index (κ1) is 21.1. The van der Waals surface area contributed by atoms with Gasteiger partial charge in [-0.15, -0.1) is 0 Å². The molecule has 0 radical (unpaired) electrons. The van der Waals surface area contributed by atoms with Gasteiger partial charge in [0.25, 0.3) is 5.91 Å². The largest absolute Gasteiger partial charge is 0.465 e. The molecular weight excluding hydrogens is 405 g/mol. The summed E-state index contributed by atoms with van der Waals surface area (Å²) in [4.78, 5) is 28.3. The van der Waals surface area contributed by atoms with Gasteiger partial charge in [0.15, 0.2) is 6.61 Å². The Labute approximate surface area is 168 Å². The molecule has 0 atom stereocenters. The molecule has 0 saturated heterocycles. The van der Waals surface area contributed by atoms with Crippen LogP contribution in [0.5, 0.6) is 0 Å². The number of ether oxygens (including phenoxy) is 1. The number of esters is 1. The predicted octanol–water partition coefficient (Wildman–Crippen LogP) is 3.60. The van der Waals surface area contributed by atoms with Crippen LogP contribution in [0.25, 0.3) is 5.69 Å². The van der Waals surface area contributed by atoms with Gasteiger partial charge < -0.3 is 14.5 Å². The van der Waals surface area contributed by atoms with Gasteiger partial charge in [-0.05, 0) is 39.0 Å².